The summed E-state index contributed by atoms with van der Waals surface area (Å²) in [5, 5.41) is 0. The normalized spacial score (nSPS) is 26.9. The molecule has 5 heteroatoms. The first-order chi connectivity index (χ1) is 11.0. The first-order valence-corrected chi connectivity index (χ1v) is 9.36. The molecule has 0 unspecified atom stereocenters. The Bertz CT molecular complexity index is 311. The summed E-state index contributed by atoms with van der Waals surface area (Å²) in [6.45, 7) is 16.8. The number of piperazine rings is 1. The maximum atomic E-state index is 5.96. The molecule has 0 N–H and O–H groups in total. The van der Waals surface area contributed by atoms with Gasteiger partial charge in [0.05, 0.1) is 37.6 Å². The van der Waals surface area contributed by atoms with E-state index >= 15 is 0 Å². The van der Waals surface area contributed by atoms with Crippen molar-refractivity contribution in [2.24, 2.45) is 0 Å². The van der Waals surface area contributed by atoms with Crippen molar-refractivity contribution < 1.29 is 14.2 Å². The lowest BCUT2D eigenvalue weighted by Gasteiger charge is -2.37. The molecule has 23 heavy (non-hydrogen) atoms. The first-order valence-electron chi connectivity index (χ1n) is 9.36. The predicted molar refractivity (Wildman–Crippen MR) is 93.0 cm³/mol. The van der Waals surface area contributed by atoms with E-state index in [1.807, 2.05) is 0 Å². The molecule has 0 aromatic heterocycles. The molecule has 1 saturated heterocycles. The van der Waals surface area contributed by atoms with E-state index in [1.165, 1.54) is 0 Å². The Kier molecular flexibility index (Phi) is 8.27. The number of hydrogen-bond donors (Lipinski definition) is 0. The van der Waals surface area contributed by atoms with Crippen LogP contribution in [0.1, 0.15) is 40.5 Å². The molecule has 0 atom stereocenters. The van der Waals surface area contributed by atoms with Crippen molar-refractivity contribution in [2.45, 2.75) is 65.0 Å². The van der Waals surface area contributed by atoms with Gasteiger partial charge in [0.25, 0.3) is 0 Å². The van der Waals surface area contributed by atoms with Gasteiger partial charge in [0.2, 0.25) is 0 Å². The summed E-state index contributed by atoms with van der Waals surface area (Å²) in [6.07, 6.45) is 3.67. The Labute approximate surface area is 142 Å². The molecule has 0 spiro atoms. The van der Waals surface area contributed by atoms with E-state index in [-0.39, 0.29) is 0 Å². The molecule has 1 saturated carbocycles. The molecule has 0 amide bonds. The maximum absolute atomic E-state index is 5.96. The van der Waals surface area contributed by atoms with Crippen LogP contribution in [0.2, 0.25) is 0 Å². The monoisotopic (exact) mass is 328 g/mol. The van der Waals surface area contributed by atoms with Crippen LogP contribution in [0.25, 0.3) is 0 Å². The zero-order valence-electron chi connectivity index (χ0n) is 15.5. The van der Waals surface area contributed by atoms with Crippen molar-refractivity contribution in [3.63, 3.8) is 0 Å². The topological polar surface area (TPSA) is 34.2 Å². The van der Waals surface area contributed by atoms with Crippen LogP contribution in [-0.4, -0.2) is 86.7 Å². The largest absolute Gasteiger partial charge is 0.377 e. The van der Waals surface area contributed by atoms with E-state index in [0.29, 0.717) is 24.4 Å². The minimum absolute atomic E-state index is 0.336. The molecule has 5 nitrogen and oxygen atoms in total. The highest BCUT2D eigenvalue weighted by Crippen LogP contribution is 2.27. The molecule has 1 aliphatic heterocycles. The lowest BCUT2D eigenvalue weighted by molar-refractivity contribution is -0.120. The summed E-state index contributed by atoms with van der Waals surface area (Å²) in [5.74, 6) is 0. The smallest absolute Gasteiger partial charge is 0.0628 e. The second kappa shape index (κ2) is 9.94. The third-order valence-electron chi connectivity index (χ3n) is 4.60. The van der Waals surface area contributed by atoms with Crippen LogP contribution in [0.15, 0.2) is 0 Å². The van der Waals surface area contributed by atoms with Gasteiger partial charge in [0.1, 0.15) is 0 Å². The van der Waals surface area contributed by atoms with Gasteiger partial charge in [-0.05, 0) is 40.5 Å². The highest BCUT2D eigenvalue weighted by atomic mass is 16.5. The molecule has 2 aliphatic rings. The molecular formula is C18H36N2O3. The van der Waals surface area contributed by atoms with Gasteiger partial charge in [-0.15, -0.1) is 0 Å². The summed E-state index contributed by atoms with van der Waals surface area (Å²) in [5.41, 5.74) is 0. The lowest BCUT2D eigenvalue weighted by atomic mass is 9.92. The molecule has 0 radical (unpaired) electrons. The number of rotatable bonds is 10. The number of nitrogens with zero attached hydrogens (tertiary/aromatic N) is 2. The highest BCUT2D eigenvalue weighted by molar-refractivity contribution is 4.82. The summed E-state index contributed by atoms with van der Waals surface area (Å²) in [4.78, 5) is 5.01. The summed E-state index contributed by atoms with van der Waals surface area (Å²) >= 11 is 0. The van der Waals surface area contributed by atoms with E-state index in [9.17, 15) is 0 Å². The van der Waals surface area contributed by atoms with Crippen molar-refractivity contribution in [3.8, 4) is 0 Å². The number of ether oxygens (including phenoxy) is 3. The van der Waals surface area contributed by atoms with Crippen molar-refractivity contribution in [1.82, 2.24) is 9.80 Å². The van der Waals surface area contributed by atoms with E-state index < -0.39 is 0 Å². The lowest BCUT2D eigenvalue weighted by Crippen LogP contribution is -2.48. The minimum atomic E-state index is 0.336. The molecule has 136 valence electrons. The fourth-order valence-corrected chi connectivity index (χ4v) is 3.15. The molecule has 1 heterocycles. The summed E-state index contributed by atoms with van der Waals surface area (Å²) in [6, 6.07) is 0. The maximum Gasteiger partial charge on any atom is 0.0628 e. The highest BCUT2D eigenvalue weighted by Gasteiger charge is 2.31. The van der Waals surface area contributed by atoms with Gasteiger partial charge in [-0.2, -0.15) is 0 Å². The van der Waals surface area contributed by atoms with Gasteiger partial charge in [0.15, 0.2) is 0 Å². The van der Waals surface area contributed by atoms with Crippen molar-refractivity contribution in [2.75, 3.05) is 52.5 Å². The minimum Gasteiger partial charge on any atom is -0.377 e. The summed E-state index contributed by atoms with van der Waals surface area (Å²) in [7, 11) is 0. The molecule has 0 aromatic rings. The third kappa shape index (κ3) is 7.48. The van der Waals surface area contributed by atoms with E-state index in [0.717, 1.165) is 65.3 Å². The summed E-state index contributed by atoms with van der Waals surface area (Å²) < 4.78 is 17.3. The Morgan fingerprint density at radius 1 is 0.783 bits per heavy atom. The van der Waals surface area contributed by atoms with Crippen molar-refractivity contribution >= 4 is 0 Å². The quantitative estimate of drug-likeness (QED) is 0.613. The van der Waals surface area contributed by atoms with Gasteiger partial charge in [-0.25, -0.2) is 0 Å². The van der Waals surface area contributed by atoms with Crippen LogP contribution in [0.4, 0.5) is 0 Å². The van der Waals surface area contributed by atoms with Crippen molar-refractivity contribution in [3.05, 3.63) is 0 Å². The van der Waals surface area contributed by atoms with Crippen LogP contribution in [0.3, 0.4) is 0 Å². The standard InChI is InChI=1S/C18H36N2O3/c1-15(2)21-11-9-19-5-7-20(8-6-19)10-12-22-17-13-18(14-17)23-16(3)4/h15-18H,5-14H2,1-4H3. The fraction of sp³-hybridized carbons (Fsp3) is 1.00. The second-order valence-electron chi connectivity index (χ2n) is 7.37. The molecular weight excluding hydrogens is 292 g/mol. The van der Waals surface area contributed by atoms with Gasteiger partial charge in [0, 0.05) is 39.3 Å². The fourth-order valence-electron chi connectivity index (χ4n) is 3.15. The zero-order valence-corrected chi connectivity index (χ0v) is 15.5. The van der Waals surface area contributed by atoms with E-state index in [4.69, 9.17) is 14.2 Å². The Morgan fingerprint density at radius 2 is 1.35 bits per heavy atom. The average Bonchev–Trinajstić information content (AvgIpc) is 2.45. The van der Waals surface area contributed by atoms with Gasteiger partial charge < -0.3 is 14.2 Å². The number of hydrogen-bond acceptors (Lipinski definition) is 5. The van der Waals surface area contributed by atoms with Gasteiger partial charge in [-0.1, -0.05) is 0 Å². The average molecular weight is 328 g/mol. The van der Waals surface area contributed by atoms with Gasteiger partial charge >= 0.3 is 0 Å². The third-order valence-corrected chi connectivity index (χ3v) is 4.60. The van der Waals surface area contributed by atoms with Crippen LogP contribution in [-0.2, 0) is 14.2 Å². The first kappa shape index (κ1) is 19.1. The van der Waals surface area contributed by atoms with Crippen molar-refractivity contribution in [1.29, 1.82) is 0 Å². The van der Waals surface area contributed by atoms with Crippen LogP contribution in [0.5, 0.6) is 0 Å². The van der Waals surface area contributed by atoms with Crippen LogP contribution < -0.4 is 0 Å². The molecule has 2 fully saturated rings. The van der Waals surface area contributed by atoms with Crippen LogP contribution >= 0.6 is 0 Å². The Hall–Kier alpha value is -0.200. The van der Waals surface area contributed by atoms with E-state index in [2.05, 4.69) is 37.5 Å². The Morgan fingerprint density at radius 3 is 1.87 bits per heavy atom. The molecule has 0 bridgehead atoms. The zero-order chi connectivity index (χ0) is 16.7. The Balaban J connectivity index is 1.45. The predicted octanol–water partition coefficient (Wildman–Crippen LogP) is 2.00. The SMILES string of the molecule is CC(C)OCCN1CCN(CCOC2CC(OC(C)C)C2)CC1. The second-order valence-corrected chi connectivity index (χ2v) is 7.37. The van der Waals surface area contributed by atoms with Crippen LogP contribution in [0, 0.1) is 0 Å². The molecule has 0 aromatic carbocycles. The molecule has 1 aliphatic carbocycles. The van der Waals surface area contributed by atoms with E-state index in [1.54, 1.807) is 0 Å². The molecule has 2 rings (SSSR count). The van der Waals surface area contributed by atoms with Gasteiger partial charge in [-0.3, -0.25) is 9.80 Å².